The van der Waals surface area contributed by atoms with E-state index >= 15 is 0 Å². The Balaban J connectivity index is 1.53. The summed E-state index contributed by atoms with van der Waals surface area (Å²) in [6.07, 6.45) is 1.69. The van der Waals surface area contributed by atoms with Crippen molar-refractivity contribution in [2.75, 3.05) is 6.79 Å². The van der Waals surface area contributed by atoms with Crippen molar-refractivity contribution in [3.05, 3.63) is 63.0 Å². The number of amides is 2. The second-order valence-electron chi connectivity index (χ2n) is 6.05. The molecule has 2 aliphatic rings. The second kappa shape index (κ2) is 7.46. The van der Waals surface area contributed by atoms with Crippen molar-refractivity contribution in [2.45, 2.75) is 6.92 Å². The number of thiocarbonyl (C=S) groups is 1. The summed E-state index contributed by atoms with van der Waals surface area (Å²) >= 11 is 12.5. The van der Waals surface area contributed by atoms with Crippen LogP contribution in [-0.2, 0) is 4.79 Å². The van der Waals surface area contributed by atoms with Gasteiger partial charge in [0.15, 0.2) is 15.8 Å². The van der Waals surface area contributed by atoms with Crippen LogP contribution in [0.25, 0.3) is 6.08 Å². The van der Waals surface area contributed by atoms with E-state index in [2.05, 4.69) is 5.43 Å². The second-order valence-corrected chi connectivity index (χ2v) is 8.14. The predicted octanol–water partition coefficient (Wildman–Crippen LogP) is 3.92. The highest BCUT2D eigenvalue weighted by Gasteiger charge is 2.34. The Morgan fingerprint density at radius 3 is 2.82 bits per heavy atom. The molecule has 0 aliphatic carbocycles. The van der Waals surface area contributed by atoms with E-state index in [9.17, 15) is 9.59 Å². The molecule has 1 fully saturated rings. The van der Waals surface area contributed by atoms with E-state index in [4.69, 9.17) is 33.3 Å². The van der Waals surface area contributed by atoms with Crippen LogP contribution in [0.1, 0.15) is 21.5 Å². The lowest BCUT2D eigenvalue weighted by Gasteiger charge is -2.16. The smallest absolute Gasteiger partial charge is 0.285 e. The number of thioether (sulfide) groups is 1. The minimum Gasteiger partial charge on any atom is -0.454 e. The predicted molar refractivity (Wildman–Crippen MR) is 111 cm³/mol. The average molecular weight is 433 g/mol. The summed E-state index contributed by atoms with van der Waals surface area (Å²) in [5.74, 6) is 0.355. The number of hydrogen-bond donors (Lipinski definition) is 1. The number of carbonyl (C=O) groups is 2. The van der Waals surface area contributed by atoms with Crippen molar-refractivity contribution in [1.29, 1.82) is 0 Å². The Kier molecular flexibility index (Phi) is 5.01. The minimum absolute atomic E-state index is 0.175. The van der Waals surface area contributed by atoms with E-state index < -0.39 is 11.8 Å². The molecule has 0 bridgehead atoms. The van der Waals surface area contributed by atoms with E-state index in [0.717, 1.165) is 27.9 Å². The Labute approximate surface area is 175 Å². The highest BCUT2D eigenvalue weighted by atomic mass is 35.5. The molecule has 2 aliphatic heterocycles. The maximum absolute atomic E-state index is 12.7. The maximum Gasteiger partial charge on any atom is 0.285 e. The van der Waals surface area contributed by atoms with Crippen LogP contribution in [0.2, 0.25) is 5.02 Å². The van der Waals surface area contributed by atoms with Crippen molar-refractivity contribution in [3.63, 3.8) is 0 Å². The number of ether oxygens (including phenoxy) is 2. The average Bonchev–Trinajstić information content (AvgIpc) is 3.21. The van der Waals surface area contributed by atoms with Crippen LogP contribution < -0.4 is 14.9 Å². The number of hydrazine groups is 1. The van der Waals surface area contributed by atoms with Gasteiger partial charge in [-0.15, -0.1) is 0 Å². The van der Waals surface area contributed by atoms with E-state index in [-0.39, 0.29) is 16.7 Å². The Morgan fingerprint density at radius 1 is 1.25 bits per heavy atom. The molecule has 0 aromatic heterocycles. The Hall–Kier alpha value is -2.55. The summed E-state index contributed by atoms with van der Waals surface area (Å²) in [6.45, 7) is 2.05. The van der Waals surface area contributed by atoms with Crippen LogP contribution in [0.4, 0.5) is 0 Å². The van der Waals surface area contributed by atoms with Gasteiger partial charge in [0.2, 0.25) is 6.79 Å². The van der Waals surface area contributed by atoms with Crippen molar-refractivity contribution in [2.24, 2.45) is 0 Å². The number of fused-ring (bicyclic) bond motifs is 1. The molecule has 6 nitrogen and oxygen atoms in total. The molecular formula is C19H13ClN2O4S2. The number of hydrogen-bond acceptors (Lipinski definition) is 6. The Bertz CT molecular complexity index is 1050. The maximum atomic E-state index is 12.7. The summed E-state index contributed by atoms with van der Waals surface area (Å²) in [5, 5.41) is 1.36. The van der Waals surface area contributed by atoms with Crippen LogP contribution >= 0.6 is 35.6 Å². The summed E-state index contributed by atoms with van der Waals surface area (Å²) in [7, 11) is 0. The number of rotatable bonds is 3. The van der Waals surface area contributed by atoms with Gasteiger partial charge in [-0.1, -0.05) is 35.5 Å². The molecular weight excluding hydrogens is 420 g/mol. The summed E-state index contributed by atoms with van der Waals surface area (Å²) < 4.78 is 10.9. The lowest BCUT2D eigenvalue weighted by atomic mass is 10.1. The first-order chi connectivity index (χ1) is 13.4. The standard InChI is InChI=1S/C19H13ClN2O4S2/c1-10-2-4-12(13(20)6-10)17(23)21-22-18(24)16(28-19(22)27)8-11-3-5-14-15(7-11)26-9-25-14/h2-8H,9H2,1H3,(H,21,23)/b16-8+. The van der Waals surface area contributed by atoms with Gasteiger partial charge < -0.3 is 9.47 Å². The van der Waals surface area contributed by atoms with Gasteiger partial charge in [0.05, 0.1) is 15.5 Å². The molecule has 28 heavy (non-hydrogen) atoms. The highest BCUT2D eigenvalue weighted by Crippen LogP contribution is 2.36. The molecule has 9 heteroatoms. The van der Waals surface area contributed by atoms with Gasteiger partial charge in [0.25, 0.3) is 11.8 Å². The molecule has 0 saturated carbocycles. The highest BCUT2D eigenvalue weighted by molar-refractivity contribution is 8.26. The molecule has 2 aromatic carbocycles. The normalized spacial score (nSPS) is 16.8. The van der Waals surface area contributed by atoms with Crippen molar-refractivity contribution in [3.8, 4) is 11.5 Å². The van der Waals surface area contributed by atoms with E-state index in [1.807, 2.05) is 13.0 Å². The minimum atomic E-state index is -0.509. The monoisotopic (exact) mass is 432 g/mol. The van der Waals surface area contributed by atoms with Crippen LogP contribution in [0.15, 0.2) is 41.3 Å². The summed E-state index contributed by atoms with van der Waals surface area (Å²) in [6, 6.07) is 10.4. The number of carbonyl (C=O) groups excluding carboxylic acids is 2. The Morgan fingerprint density at radius 2 is 2.04 bits per heavy atom. The van der Waals surface area contributed by atoms with E-state index in [1.165, 1.54) is 0 Å². The van der Waals surface area contributed by atoms with Crippen molar-refractivity contribution in [1.82, 2.24) is 10.4 Å². The zero-order valence-corrected chi connectivity index (χ0v) is 16.9. The van der Waals surface area contributed by atoms with Gasteiger partial charge in [-0.3, -0.25) is 15.0 Å². The quantitative estimate of drug-likeness (QED) is 0.585. The third-order valence-electron chi connectivity index (χ3n) is 4.07. The number of benzene rings is 2. The fourth-order valence-electron chi connectivity index (χ4n) is 2.68. The SMILES string of the molecule is Cc1ccc(C(=O)NN2C(=O)/C(=C\c3ccc4c(c3)OCO4)SC2=S)c(Cl)c1. The molecule has 1 N–H and O–H groups in total. The largest absolute Gasteiger partial charge is 0.454 e. The summed E-state index contributed by atoms with van der Waals surface area (Å²) in [4.78, 5) is 25.6. The van der Waals surface area contributed by atoms with Gasteiger partial charge in [0.1, 0.15) is 0 Å². The zero-order chi connectivity index (χ0) is 19.8. The van der Waals surface area contributed by atoms with Gasteiger partial charge in [0, 0.05) is 0 Å². The number of aryl methyl sites for hydroxylation is 1. The first-order valence-corrected chi connectivity index (χ1v) is 9.77. The third kappa shape index (κ3) is 3.58. The molecule has 0 spiro atoms. The van der Waals surface area contributed by atoms with Gasteiger partial charge in [-0.05, 0) is 60.6 Å². The topological polar surface area (TPSA) is 67.9 Å². The fraction of sp³-hybridized carbons (Fsp3) is 0.105. The number of nitrogens with one attached hydrogen (secondary N) is 1. The van der Waals surface area contributed by atoms with Crippen LogP contribution in [0, 0.1) is 6.92 Å². The molecule has 4 rings (SSSR count). The number of halogens is 1. The van der Waals surface area contributed by atoms with Crippen LogP contribution in [-0.4, -0.2) is 27.9 Å². The molecule has 0 radical (unpaired) electrons. The molecule has 0 unspecified atom stereocenters. The molecule has 1 saturated heterocycles. The van der Waals surface area contributed by atoms with Crippen molar-refractivity contribution < 1.29 is 19.1 Å². The molecule has 0 atom stereocenters. The number of nitrogens with zero attached hydrogens (tertiary/aromatic N) is 1. The van der Waals surface area contributed by atoms with Gasteiger partial charge >= 0.3 is 0 Å². The van der Waals surface area contributed by atoms with E-state index in [0.29, 0.717) is 21.4 Å². The molecule has 2 aromatic rings. The van der Waals surface area contributed by atoms with Gasteiger partial charge in [-0.25, -0.2) is 0 Å². The molecule has 2 heterocycles. The third-order valence-corrected chi connectivity index (χ3v) is 5.69. The zero-order valence-electron chi connectivity index (χ0n) is 14.5. The van der Waals surface area contributed by atoms with Crippen LogP contribution in [0.5, 0.6) is 11.5 Å². The van der Waals surface area contributed by atoms with E-state index in [1.54, 1.807) is 36.4 Å². The lowest BCUT2D eigenvalue weighted by molar-refractivity contribution is -0.123. The lowest BCUT2D eigenvalue weighted by Crippen LogP contribution is -2.44. The molecule has 142 valence electrons. The fourth-order valence-corrected chi connectivity index (χ4v) is 4.18. The first-order valence-electron chi connectivity index (χ1n) is 8.17. The van der Waals surface area contributed by atoms with Crippen molar-refractivity contribution >= 4 is 57.8 Å². The first kappa shape index (κ1) is 18.8. The molecule has 2 amide bonds. The summed E-state index contributed by atoms with van der Waals surface area (Å²) in [5.41, 5.74) is 4.48. The van der Waals surface area contributed by atoms with Crippen LogP contribution in [0.3, 0.4) is 0 Å². The van der Waals surface area contributed by atoms with Gasteiger partial charge in [-0.2, -0.15) is 5.01 Å².